The second-order valence-electron chi connectivity index (χ2n) is 12.0. The number of thioether (sulfide) groups is 1. The lowest BCUT2D eigenvalue weighted by Crippen LogP contribution is -2.49. The summed E-state index contributed by atoms with van der Waals surface area (Å²) >= 11 is 8.95. The standard InChI is InChI=1S/C33H37ClN8O2S/c34-28-27-29(22-9-3-1-4-10-22)39-42(32(27)38-37-30(28)23-11-5-2-6-12-23)20-17-40-15-18-41(19-16-40)26(43)14-8-7-13-25-31-24(21-45-25)35-33(44)36-31/h1-6,9-12,24-25,31H,7-8,13-21H2,(H2,35,36,44)/t24-,25-,31-/m0/s1. The SMILES string of the molecule is O=C1N[C@H]2[C@H](CS[C@H]2CCCCC(=O)N2CCN(CCn3nc(-c4ccccc4)c4c(Cl)c(-c5ccccc5)nnc43)CC2)N1. The lowest BCUT2D eigenvalue weighted by molar-refractivity contribution is -0.133. The monoisotopic (exact) mass is 644 g/mol. The summed E-state index contributed by atoms with van der Waals surface area (Å²) < 4.78 is 1.92. The van der Waals surface area contributed by atoms with E-state index in [-0.39, 0.29) is 24.0 Å². The van der Waals surface area contributed by atoms with Gasteiger partial charge < -0.3 is 15.5 Å². The van der Waals surface area contributed by atoms with Gasteiger partial charge in [0.15, 0.2) is 5.65 Å². The lowest BCUT2D eigenvalue weighted by atomic mass is 10.0. The number of hydrogen-bond donors (Lipinski definition) is 2. The van der Waals surface area contributed by atoms with Crippen molar-refractivity contribution in [3.63, 3.8) is 0 Å². The van der Waals surface area contributed by atoms with Gasteiger partial charge in [-0.1, -0.05) is 78.7 Å². The predicted octanol–water partition coefficient (Wildman–Crippen LogP) is 4.68. The Kier molecular flexibility index (Phi) is 8.91. The molecule has 5 heterocycles. The number of amides is 3. The summed E-state index contributed by atoms with van der Waals surface area (Å²) in [6, 6.07) is 20.4. The molecule has 234 valence electrons. The first-order valence-electron chi connectivity index (χ1n) is 15.8. The van der Waals surface area contributed by atoms with Crippen LogP contribution in [0.4, 0.5) is 4.79 Å². The second-order valence-corrected chi connectivity index (χ2v) is 13.6. The number of urea groups is 1. The number of rotatable bonds is 10. The van der Waals surface area contributed by atoms with Crippen LogP contribution in [0.1, 0.15) is 25.7 Å². The van der Waals surface area contributed by atoms with Gasteiger partial charge in [0.2, 0.25) is 5.91 Å². The van der Waals surface area contributed by atoms with Gasteiger partial charge in [-0.3, -0.25) is 9.69 Å². The zero-order chi connectivity index (χ0) is 30.8. The van der Waals surface area contributed by atoms with E-state index in [0.29, 0.717) is 34.6 Å². The molecule has 3 aliphatic heterocycles. The van der Waals surface area contributed by atoms with Crippen molar-refractivity contribution in [2.45, 2.75) is 49.6 Å². The van der Waals surface area contributed by atoms with Crippen LogP contribution < -0.4 is 10.6 Å². The van der Waals surface area contributed by atoms with Crippen LogP contribution in [0.15, 0.2) is 60.7 Å². The fourth-order valence-electron chi connectivity index (χ4n) is 6.63. The highest BCUT2D eigenvalue weighted by molar-refractivity contribution is 8.00. The Hall–Kier alpha value is -3.67. The number of halogens is 1. The molecule has 3 amide bonds. The summed E-state index contributed by atoms with van der Waals surface area (Å²) in [5.41, 5.74) is 4.02. The quantitative estimate of drug-likeness (QED) is 0.191. The molecule has 0 spiro atoms. The van der Waals surface area contributed by atoms with Gasteiger partial charge in [-0.25, -0.2) is 9.48 Å². The van der Waals surface area contributed by atoms with E-state index >= 15 is 0 Å². The number of hydrogen-bond acceptors (Lipinski definition) is 7. The average Bonchev–Trinajstić information content (AvgIpc) is 3.76. The number of unbranched alkanes of at least 4 members (excludes halogenated alkanes) is 1. The molecule has 4 aromatic rings. The van der Waals surface area contributed by atoms with Crippen molar-refractivity contribution in [3.8, 4) is 22.5 Å². The Morgan fingerprint density at radius 3 is 2.33 bits per heavy atom. The molecule has 2 aromatic carbocycles. The minimum atomic E-state index is -0.0463. The number of nitrogens with one attached hydrogen (secondary N) is 2. The number of carbonyl (C=O) groups excluding carboxylic acids is 2. The third kappa shape index (κ3) is 6.39. The van der Waals surface area contributed by atoms with E-state index in [1.165, 1.54) is 0 Å². The van der Waals surface area contributed by atoms with Gasteiger partial charge in [-0.15, -0.1) is 10.2 Å². The maximum atomic E-state index is 12.9. The Morgan fingerprint density at radius 1 is 0.889 bits per heavy atom. The third-order valence-electron chi connectivity index (χ3n) is 9.11. The molecular formula is C33H37ClN8O2S. The zero-order valence-electron chi connectivity index (χ0n) is 25.1. The normalized spacial score (nSPS) is 21.6. The van der Waals surface area contributed by atoms with Crippen molar-refractivity contribution in [2.75, 3.05) is 38.5 Å². The molecule has 7 rings (SSSR count). The summed E-state index contributed by atoms with van der Waals surface area (Å²) in [6.07, 6.45) is 3.51. The molecule has 0 unspecified atom stereocenters. The maximum Gasteiger partial charge on any atom is 0.315 e. The van der Waals surface area contributed by atoms with E-state index in [2.05, 4.69) is 25.7 Å². The van der Waals surface area contributed by atoms with Crippen LogP contribution >= 0.6 is 23.4 Å². The fourth-order valence-corrected chi connectivity index (χ4v) is 8.50. The Labute approximate surface area is 271 Å². The van der Waals surface area contributed by atoms with Crippen LogP contribution in [-0.2, 0) is 11.3 Å². The highest BCUT2D eigenvalue weighted by Crippen LogP contribution is 2.37. The molecule has 0 aliphatic carbocycles. The molecule has 0 bridgehead atoms. The van der Waals surface area contributed by atoms with Gasteiger partial charge in [0.05, 0.1) is 29.0 Å². The van der Waals surface area contributed by atoms with Crippen LogP contribution in [0, 0.1) is 0 Å². The molecule has 3 saturated heterocycles. The zero-order valence-corrected chi connectivity index (χ0v) is 26.6. The van der Waals surface area contributed by atoms with Crippen LogP contribution in [0.5, 0.6) is 0 Å². The lowest BCUT2D eigenvalue weighted by Gasteiger charge is -2.34. The molecule has 45 heavy (non-hydrogen) atoms. The molecule has 0 radical (unpaired) electrons. The van der Waals surface area contributed by atoms with Crippen LogP contribution in [0.2, 0.25) is 5.02 Å². The van der Waals surface area contributed by atoms with Crippen molar-refractivity contribution >= 4 is 46.3 Å². The Bertz CT molecular complexity index is 1660. The molecule has 3 aliphatic rings. The fraction of sp³-hybridized carbons (Fsp3) is 0.424. The first kappa shape index (κ1) is 30.0. The minimum absolute atomic E-state index is 0.0463. The molecule has 2 N–H and O–H groups in total. The smallest absolute Gasteiger partial charge is 0.315 e. The summed E-state index contributed by atoms with van der Waals surface area (Å²) in [5.74, 6) is 1.21. The summed E-state index contributed by atoms with van der Waals surface area (Å²) in [4.78, 5) is 28.9. The number of carbonyl (C=O) groups is 2. The van der Waals surface area contributed by atoms with Gasteiger partial charge in [-0.05, 0) is 12.8 Å². The summed E-state index contributed by atoms with van der Waals surface area (Å²) in [5, 5.41) is 22.0. The van der Waals surface area contributed by atoms with Gasteiger partial charge in [0.1, 0.15) is 11.4 Å². The Balaban J connectivity index is 0.942. The van der Waals surface area contributed by atoms with E-state index in [1.807, 2.05) is 82.0 Å². The van der Waals surface area contributed by atoms with Crippen molar-refractivity contribution in [3.05, 3.63) is 65.7 Å². The first-order valence-corrected chi connectivity index (χ1v) is 17.2. The number of benzene rings is 2. The van der Waals surface area contributed by atoms with Crippen molar-refractivity contribution < 1.29 is 9.59 Å². The van der Waals surface area contributed by atoms with Gasteiger partial charge in [-0.2, -0.15) is 16.9 Å². The minimum Gasteiger partial charge on any atom is -0.340 e. The summed E-state index contributed by atoms with van der Waals surface area (Å²) in [7, 11) is 0. The highest BCUT2D eigenvalue weighted by atomic mass is 35.5. The van der Waals surface area contributed by atoms with E-state index in [1.54, 1.807) is 0 Å². The predicted molar refractivity (Wildman–Crippen MR) is 178 cm³/mol. The van der Waals surface area contributed by atoms with Crippen LogP contribution in [0.25, 0.3) is 33.5 Å². The number of fused-ring (bicyclic) bond motifs is 2. The summed E-state index contributed by atoms with van der Waals surface area (Å²) in [6.45, 7) is 4.56. The topological polar surface area (TPSA) is 108 Å². The molecule has 3 fully saturated rings. The first-order chi connectivity index (χ1) is 22.0. The number of piperazine rings is 1. The van der Waals surface area contributed by atoms with Crippen molar-refractivity contribution in [1.29, 1.82) is 0 Å². The molecular weight excluding hydrogens is 608 g/mol. The Morgan fingerprint density at radius 2 is 1.60 bits per heavy atom. The van der Waals surface area contributed by atoms with Crippen LogP contribution in [-0.4, -0.2) is 97.5 Å². The van der Waals surface area contributed by atoms with E-state index in [9.17, 15) is 9.59 Å². The largest absolute Gasteiger partial charge is 0.340 e. The second kappa shape index (κ2) is 13.4. The maximum absolute atomic E-state index is 12.9. The number of aromatic nitrogens is 4. The highest BCUT2D eigenvalue weighted by Gasteiger charge is 2.42. The van der Waals surface area contributed by atoms with Gasteiger partial charge in [0.25, 0.3) is 0 Å². The molecule has 0 saturated carbocycles. The van der Waals surface area contributed by atoms with Crippen molar-refractivity contribution in [2.24, 2.45) is 0 Å². The molecule has 3 atom stereocenters. The molecule has 12 heteroatoms. The van der Waals surface area contributed by atoms with Crippen LogP contribution in [0.3, 0.4) is 0 Å². The van der Waals surface area contributed by atoms with Gasteiger partial charge >= 0.3 is 6.03 Å². The van der Waals surface area contributed by atoms with E-state index < -0.39 is 0 Å². The molecule has 2 aromatic heterocycles. The van der Waals surface area contributed by atoms with E-state index in [4.69, 9.17) is 16.7 Å². The third-order valence-corrected chi connectivity index (χ3v) is 11.0. The van der Waals surface area contributed by atoms with Gasteiger partial charge in [0, 0.05) is 61.3 Å². The van der Waals surface area contributed by atoms with Crippen molar-refractivity contribution in [1.82, 2.24) is 40.4 Å². The molecule has 10 nitrogen and oxygen atoms in total. The van der Waals surface area contributed by atoms with E-state index in [0.717, 1.165) is 79.9 Å². The average molecular weight is 645 g/mol. The number of nitrogens with zero attached hydrogens (tertiary/aromatic N) is 6.